The number of benzene rings is 2. The van der Waals surface area contributed by atoms with Crippen LogP contribution in [0.2, 0.25) is 10.0 Å². The maximum Gasteiger partial charge on any atom is 0.273 e. The fourth-order valence-electron chi connectivity index (χ4n) is 3.22. The zero-order valence-electron chi connectivity index (χ0n) is 17.4. The molecule has 0 unspecified atom stereocenters. The van der Waals surface area contributed by atoms with Gasteiger partial charge in [0.15, 0.2) is 0 Å². The summed E-state index contributed by atoms with van der Waals surface area (Å²) in [5, 5.41) is 15.0. The van der Waals surface area contributed by atoms with E-state index in [2.05, 4.69) is 5.32 Å². The predicted molar refractivity (Wildman–Crippen MR) is 121 cm³/mol. The molecule has 1 atom stereocenters. The molecule has 166 valence electrons. The summed E-state index contributed by atoms with van der Waals surface area (Å²) in [6.07, 6.45) is 0.929. The van der Waals surface area contributed by atoms with Crippen molar-refractivity contribution in [1.29, 1.82) is 0 Å². The number of halogens is 2. The van der Waals surface area contributed by atoms with Crippen LogP contribution >= 0.6 is 23.2 Å². The van der Waals surface area contributed by atoms with Gasteiger partial charge in [0.1, 0.15) is 6.04 Å². The summed E-state index contributed by atoms with van der Waals surface area (Å²) in [5.74, 6) is -0.677. The molecule has 0 aliphatic carbocycles. The molecule has 31 heavy (non-hydrogen) atoms. The number of hydrogen-bond donors (Lipinski definition) is 1. The fraction of sp³-hybridized carbons (Fsp3) is 0.364. The number of para-hydroxylation sites is 1. The van der Waals surface area contributed by atoms with E-state index in [9.17, 15) is 19.7 Å². The van der Waals surface area contributed by atoms with Crippen LogP contribution in [0.4, 0.5) is 5.69 Å². The molecule has 0 heterocycles. The number of hydrogen-bond acceptors (Lipinski definition) is 4. The topological polar surface area (TPSA) is 92.6 Å². The van der Waals surface area contributed by atoms with Crippen molar-refractivity contribution in [2.75, 3.05) is 6.54 Å². The first-order valence-electron chi connectivity index (χ1n) is 10.0. The minimum atomic E-state index is -0.742. The van der Waals surface area contributed by atoms with Gasteiger partial charge in [-0.3, -0.25) is 19.7 Å². The van der Waals surface area contributed by atoms with Crippen LogP contribution < -0.4 is 5.32 Å². The number of rotatable bonds is 10. The van der Waals surface area contributed by atoms with Gasteiger partial charge in [0, 0.05) is 34.8 Å². The molecule has 0 saturated heterocycles. The zero-order valence-corrected chi connectivity index (χ0v) is 18.9. The van der Waals surface area contributed by atoms with Gasteiger partial charge in [-0.1, -0.05) is 61.3 Å². The van der Waals surface area contributed by atoms with Gasteiger partial charge in [0.05, 0.1) is 11.3 Å². The highest BCUT2D eigenvalue weighted by Gasteiger charge is 2.30. The van der Waals surface area contributed by atoms with E-state index in [4.69, 9.17) is 23.2 Å². The van der Waals surface area contributed by atoms with Gasteiger partial charge in [-0.2, -0.15) is 0 Å². The number of nitro benzene ring substituents is 1. The summed E-state index contributed by atoms with van der Waals surface area (Å²) in [6.45, 7) is 4.31. The van der Waals surface area contributed by atoms with Crippen LogP contribution in [-0.2, 0) is 22.6 Å². The molecular formula is C22H25Cl2N3O4. The zero-order chi connectivity index (χ0) is 23.0. The summed E-state index contributed by atoms with van der Waals surface area (Å²) in [5.41, 5.74) is 0.779. The van der Waals surface area contributed by atoms with Crippen LogP contribution in [0, 0.1) is 10.1 Å². The number of amides is 2. The average molecular weight is 466 g/mol. The molecule has 0 radical (unpaired) electrons. The lowest BCUT2D eigenvalue weighted by molar-refractivity contribution is -0.385. The first-order valence-corrected chi connectivity index (χ1v) is 10.8. The third-order valence-corrected chi connectivity index (χ3v) is 5.41. The molecule has 2 amide bonds. The summed E-state index contributed by atoms with van der Waals surface area (Å²) in [7, 11) is 0. The van der Waals surface area contributed by atoms with Crippen molar-refractivity contribution >= 4 is 40.7 Å². The Kier molecular flexibility index (Phi) is 9.27. The highest BCUT2D eigenvalue weighted by atomic mass is 35.5. The van der Waals surface area contributed by atoms with Crippen LogP contribution in [0.5, 0.6) is 0 Å². The lowest BCUT2D eigenvalue weighted by Gasteiger charge is -2.31. The lowest BCUT2D eigenvalue weighted by Crippen LogP contribution is -2.49. The second kappa shape index (κ2) is 11.7. The predicted octanol–water partition coefficient (Wildman–Crippen LogP) is 4.78. The van der Waals surface area contributed by atoms with Crippen LogP contribution in [0.3, 0.4) is 0 Å². The molecule has 0 aliphatic rings. The minimum absolute atomic E-state index is 0.0769. The van der Waals surface area contributed by atoms with E-state index in [1.807, 2.05) is 13.8 Å². The van der Waals surface area contributed by atoms with E-state index >= 15 is 0 Å². The maximum atomic E-state index is 13.3. The highest BCUT2D eigenvalue weighted by molar-refractivity contribution is 6.35. The first-order chi connectivity index (χ1) is 14.8. The minimum Gasteiger partial charge on any atom is -0.354 e. The quantitative estimate of drug-likeness (QED) is 0.403. The summed E-state index contributed by atoms with van der Waals surface area (Å²) < 4.78 is 0. The van der Waals surface area contributed by atoms with Crippen LogP contribution in [0.25, 0.3) is 0 Å². The number of carbonyl (C=O) groups is 2. The number of nitro groups is 1. The largest absolute Gasteiger partial charge is 0.354 e. The summed E-state index contributed by atoms with van der Waals surface area (Å²) in [4.78, 5) is 38.3. The maximum absolute atomic E-state index is 13.3. The van der Waals surface area contributed by atoms with Gasteiger partial charge < -0.3 is 10.2 Å². The van der Waals surface area contributed by atoms with Crippen molar-refractivity contribution < 1.29 is 14.5 Å². The molecule has 0 aliphatic heterocycles. The second-order valence-electron chi connectivity index (χ2n) is 7.04. The summed E-state index contributed by atoms with van der Waals surface area (Å²) in [6, 6.07) is 10.3. The Hall–Kier alpha value is -2.64. The Bertz CT molecular complexity index is 952. The van der Waals surface area contributed by atoms with Crippen molar-refractivity contribution in [3.8, 4) is 0 Å². The lowest BCUT2D eigenvalue weighted by atomic mass is 10.1. The Balaban J connectivity index is 2.39. The van der Waals surface area contributed by atoms with Crippen molar-refractivity contribution in [2.45, 2.75) is 45.7 Å². The molecule has 9 heteroatoms. The Morgan fingerprint density at radius 2 is 1.84 bits per heavy atom. The molecular weight excluding hydrogens is 441 g/mol. The van der Waals surface area contributed by atoms with E-state index in [0.29, 0.717) is 28.6 Å². The Morgan fingerprint density at radius 1 is 1.13 bits per heavy atom. The third kappa shape index (κ3) is 6.67. The van der Waals surface area contributed by atoms with Crippen molar-refractivity contribution in [3.05, 3.63) is 73.8 Å². The van der Waals surface area contributed by atoms with Gasteiger partial charge in [-0.05, 0) is 30.5 Å². The van der Waals surface area contributed by atoms with Gasteiger partial charge in [-0.25, -0.2) is 0 Å². The third-order valence-electron chi connectivity index (χ3n) is 4.82. The average Bonchev–Trinajstić information content (AvgIpc) is 2.73. The fourth-order valence-corrected chi connectivity index (χ4v) is 3.69. The van der Waals surface area contributed by atoms with Crippen LogP contribution in [0.1, 0.15) is 37.8 Å². The molecule has 2 aromatic rings. The SMILES string of the molecule is CCCNC(=O)[C@@H](CC)N(Cc1ccc(Cl)cc1Cl)C(=O)Cc1ccccc1[N+](=O)[O-]. The van der Waals surface area contributed by atoms with Gasteiger partial charge in [0.2, 0.25) is 11.8 Å². The second-order valence-corrected chi connectivity index (χ2v) is 7.88. The Morgan fingerprint density at radius 3 is 2.45 bits per heavy atom. The highest BCUT2D eigenvalue weighted by Crippen LogP contribution is 2.25. The monoisotopic (exact) mass is 465 g/mol. The molecule has 2 aromatic carbocycles. The molecule has 0 fully saturated rings. The van der Waals surface area contributed by atoms with E-state index in [0.717, 1.165) is 6.42 Å². The Labute approximate surface area is 191 Å². The van der Waals surface area contributed by atoms with Gasteiger partial charge in [0.25, 0.3) is 5.69 Å². The summed E-state index contributed by atoms with van der Waals surface area (Å²) >= 11 is 12.3. The molecule has 2 rings (SSSR count). The number of nitrogens with zero attached hydrogens (tertiary/aromatic N) is 2. The van der Waals surface area contributed by atoms with Crippen molar-refractivity contribution in [2.24, 2.45) is 0 Å². The van der Waals surface area contributed by atoms with Crippen molar-refractivity contribution in [1.82, 2.24) is 10.2 Å². The van der Waals surface area contributed by atoms with Gasteiger partial charge in [-0.15, -0.1) is 0 Å². The van der Waals surface area contributed by atoms with E-state index < -0.39 is 16.9 Å². The smallest absolute Gasteiger partial charge is 0.273 e. The molecule has 0 saturated carbocycles. The van der Waals surface area contributed by atoms with Crippen LogP contribution in [-0.4, -0.2) is 34.2 Å². The first kappa shape index (κ1) is 24.6. The van der Waals surface area contributed by atoms with E-state index in [1.54, 1.807) is 36.4 Å². The standard InChI is InChI=1S/C22H25Cl2N3O4/c1-3-11-25-22(29)19(4-2)26(14-16-9-10-17(23)13-18(16)24)21(28)12-15-7-5-6-8-20(15)27(30)31/h5-10,13,19H,3-4,11-12,14H2,1-2H3,(H,25,29)/t19-/m1/s1. The number of carbonyl (C=O) groups excluding carboxylic acids is 2. The normalized spacial score (nSPS) is 11.6. The number of nitrogens with one attached hydrogen (secondary N) is 1. The molecule has 1 N–H and O–H groups in total. The molecule has 7 nitrogen and oxygen atoms in total. The molecule has 0 bridgehead atoms. The van der Waals surface area contributed by atoms with E-state index in [-0.39, 0.29) is 30.1 Å². The van der Waals surface area contributed by atoms with Crippen LogP contribution in [0.15, 0.2) is 42.5 Å². The van der Waals surface area contributed by atoms with E-state index in [1.165, 1.54) is 11.0 Å². The molecule has 0 spiro atoms. The molecule has 0 aromatic heterocycles. The van der Waals surface area contributed by atoms with Gasteiger partial charge >= 0.3 is 0 Å². The van der Waals surface area contributed by atoms with Crippen molar-refractivity contribution in [3.63, 3.8) is 0 Å².